The maximum Gasteiger partial charge on any atom is 0.252 e. The summed E-state index contributed by atoms with van der Waals surface area (Å²) in [4.78, 5) is 32.0. The monoisotopic (exact) mass is 551 g/mol. The lowest BCUT2D eigenvalue weighted by atomic mass is 10.0. The Kier molecular flexibility index (Phi) is 8.34. The number of rotatable bonds is 9. The van der Waals surface area contributed by atoms with Crippen molar-refractivity contribution in [1.82, 2.24) is 0 Å². The number of nitrogens with zero attached hydrogens (tertiary/aromatic N) is 2. The smallest absolute Gasteiger partial charge is 0.252 e. The van der Waals surface area contributed by atoms with Gasteiger partial charge in [0.2, 0.25) is 5.91 Å². The zero-order chi connectivity index (χ0) is 28.9. The van der Waals surface area contributed by atoms with Crippen molar-refractivity contribution in [2.45, 2.75) is 32.7 Å². The van der Waals surface area contributed by atoms with Crippen LogP contribution in [0.5, 0.6) is 5.75 Å². The molecule has 1 aliphatic heterocycles. The molecule has 0 bridgehead atoms. The fourth-order valence-corrected chi connectivity index (χ4v) is 5.44. The van der Waals surface area contributed by atoms with Crippen molar-refractivity contribution in [3.8, 4) is 5.75 Å². The maximum absolute atomic E-state index is 14.2. The van der Waals surface area contributed by atoms with Gasteiger partial charge < -0.3 is 15.0 Å². The topological polar surface area (TPSA) is 61.9 Å². The molecule has 210 valence electrons. The molecule has 0 saturated carbocycles. The highest BCUT2D eigenvalue weighted by Gasteiger charge is 2.34. The number of hydrogen-bond donors (Lipinski definition) is 1. The number of carbonyl (C=O) groups excluding carboxylic acids is 2. The van der Waals surface area contributed by atoms with Gasteiger partial charge in [0.25, 0.3) is 5.91 Å². The quantitative estimate of drug-likeness (QED) is 0.254. The molecule has 0 radical (unpaired) electrons. The Hall–Kier alpha value is -4.65. The van der Waals surface area contributed by atoms with Crippen LogP contribution in [0.3, 0.4) is 0 Å². The average molecular weight is 552 g/mol. The molecule has 1 N–H and O–H groups in total. The molecule has 4 aromatic rings. The van der Waals surface area contributed by atoms with Gasteiger partial charge in [-0.05, 0) is 85.0 Å². The van der Waals surface area contributed by atoms with E-state index in [4.69, 9.17) is 4.74 Å². The summed E-state index contributed by atoms with van der Waals surface area (Å²) < 4.78 is 19.3. The van der Waals surface area contributed by atoms with Crippen LogP contribution in [0.4, 0.5) is 21.5 Å². The molecule has 1 atom stereocenters. The summed E-state index contributed by atoms with van der Waals surface area (Å²) in [7, 11) is 1.57. The number of anilines is 3. The summed E-state index contributed by atoms with van der Waals surface area (Å²) in [6.07, 6.45) is 1.10. The van der Waals surface area contributed by atoms with Crippen molar-refractivity contribution in [1.29, 1.82) is 0 Å². The van der Waals surface area contributed by atoms with Gasteiger partial charge in [-0.1, -0.05) is 48.5 Å². The van der Waals surface area contributed by atoms with Crippen molar-refractivity contribution in [3.05, 3.63) is 119 Å². The molecular formula is C34H34FN3O3. The molecule has 0 saturated heterocycles. The Bertz CT molecular complexity index is 1520. The van der Waals surface area contributed by atoms with Gasteiger partial charge in [0.05, 0.1) is 7.11 Å². The van der Waals surface area contributed by atoms with Crippen LogP contribution < -0.4 is 19.9 Å². The number of fused-ring (bicyclic) bond motifs is 1. The van der Waals surface area contributed by atoms with Crippen LogP contribution >= 0.6 is 0 Å². The van der Waals surface area contributed by atoms with E-state index in [0.717, 1.165) is 29.8 Å². The maximum atomic E-state index is 14.2. The normalized spacial score (nSPS) is 12.9. The van der Waals surface area contributed by atoms with E-state index in [0.29, 0.717) is 29.2 Å². The second-order valence-electron chi connectivity index (χ2n) is 10.3. The third-order valence-corrected chi connectivity index (χ3v) is 7.62. The van der Waals surface area contributed by atoms with Crippen LogP contribution in [0.1, 0.15) is 34.7 Å². The highest BCUT2D eigenvalue weighted by molar-refractivity contribution is 6.06. The van der Waals surface area contributed by atoms with Gasteiger partial charge in [0.1, 0.15) is 17.6 Å². The fraction of sp³-hybridized carbons (Fsp3) is 0.235. The number of carbonyl (C=O) groups is 2. The zero-order valence-electron chi connectivity index (χ0n) is 23.6. The minimum absolute atomic E-state index is 0.176. The molecule has 0 unspecified atom stereocenters. The second kappa shape index (κ2) is 12.3. The minimum Gasteiger partial charge on any atom is -0.497 e. The van der Waals surface area contributed by atoms with E-state index >= 15 is 0 Å². The molecule has 0 spiro atoms. The van der Waals surface area contributed by atoms with Gasteiger partial charge >= 0.3 is 0 Å². The molecule has 0 aliphatic carbocycles. The SMILES string of the molecule is COc1ccc([C@@H](C(=O)Nc2c(C)cccc2C)N(C(=O)CCN2CCc3ccccc32)c2ccc(F)cc2)cc1. The van der Waals surface area contributed by atoms with Gasteiger partial charge in [-0.25, -0.2) is 4.39 Å². The Balaban J connectivity index is 1.52. The summed E-state index contributed by atoms with van der Waals surface area (Å²) in [6, 6.07) is 25.8. The molecule has 4 aromatic carbocycles. The average Bonchev–Trinajstić information content (AvgIpc) is 3.40. The lowest BCUT2D eigenvalue weighted by Gasteiger charge is -2.32. The Morgan fingerprint density at radius 2 is 1.61 bits per heavy atom. The van der Waals surface area contributed by atoms with Crippen molar-refractivity contribution in [2.75, 3.05) is 35.3 Å². The summed E-state index contributed by atoms with van der Waals surface area (Å²) >= 11 is 0. The largest absolute Gasteiger partial charge is 0.497 e. The van der Waals surface area contributed by atoms with E-state index in [9.17, 15) is 14.0 Å². The standard InChI is InChI=1S/C34H34FN3O3/c1-23-7-6-8-24(2)32(23)36-34(40)33(26-11-17-29(41-3)18-12-26)38(28-15-13-27(35)14-16-28)31(39)20-22-37-21-19-25-9-4-5-10-30(25)37/h4-18,33H,19-22H2,1-3H3,(H,36,40)/t33-/m0/s1. The van der Waals surface area contributed by atoms with Gasteiger partial charge in [0.15, 0.2) is 0 Å². The summed E-state index contributed by atoms with van der Waals surface area (Å²) in [6.45, 7) is 5.20. The molecule has 0 aromatic heterocycles. The number of ether oxygens (including phenoxy) is 1. The third-order valence-electron chi connectivity index (χ3n) is 7.62. The Morgan fingerprint density at radius 3 is 2.29 bits per heavy atom. The van der Waals surface area contributed by atoms with Crippen molar-refractivity contribution in [3.63, 3.8) is 0 Å². The van der Waals surface area contributed by atoms with Crippen molar-refractivity contribution in [2.24, 2.45) is 0 Å². The van der Waals surface area contributed by atoms with E-state index < -0.39 is 11.9 Å². The molecule has 1 heterocycles. The molecule has 7 heteroatoms. The molecule has 6 nitrogen and oxygen atoms in total. The number of amides is 2. The zero-order valence-corrected chi connectivity index (χ0v) is 23.6. The third kappa shape index (κ3) is 6.09. The molecular weight excluding hydrogens is 517 g/mol. The number of para-hydroxylation sites is 2. The van der Waals surface area contributed by atoms with Crippen molar-refractivity contribution < 1.29 is 18.7 Å². The Morgan fingerprint density at radius 1 is 0.927 bits per heavy atom. The number of aryl methyl sites for hydroxylation is 2. The molecule has 5 rings (SSSR count). The van der Waals surface area contributed by atoms with Gasteiger partial charge in [-0.2, -0.15) is 0 Å². The van der Waals surface area contributed by atoms with E-state index in [1.807, 2.05) is 44.2 Å². The summed E-state index contributed by atoms with van der Waals surface area (Å²) in [5.74, 6) is -0.388. The van der Waals surface area contributed by atoms with Crippen molar-refractivity contribution >= 4 is 28.9 Å². The minimum atomic E-state index is -1.01. The van der Waals surface area contributed by atoms with Crippen LogP contribution in [-0.2, 0) is 16.0 Å². The van der Waals surface area contributed by atoms with E-state index in [1.165, 1.54) is 22.6 Å². The molecule has 0 fully saturated rings. The Labute approximate surface area is 240 Å². The van der Waals surface area contributed by atoms with E-state index in [2.05, 4.69) is 22.3 Å². The van der Waals surface area contributed by atoms with Crippen LogP contribution in [-0.4, -0.2) is 32.0 Å². The molecule has 1 aliphatic rings. The van der Waals surface area contributed by atoms with Crippen LogP contribution in [0.2, 0.25) is 0 Å². The highest BCUT2D eigenvalue weighted by atomic mass is 19.1. The first-order chi connectivity index (χ1) is 19.9. The predicted molar refractivity (Wildman–Crippen MR) is 161 cm³/mol. The lowest BCUT2D eigenvalue weighted by molar-refractivity contribution is -0.123. The van der Waals surface area contributed by atoms with Crippen LogP contribution in [0.15, 0.2) is 91.0 Å². The fourth-order valence-electron chi connectivity index (χ4n) is 5.44. The second-order valence-corrected chi connectivity index (χ2v) is 10.3. The predicted octanol–water partition coefficient (Wildman–Crippen LogP) is 6.62. The van der Waals surface area contributed by atoms with Crippen LogP contribution in [0.25, 0.3) is 0 Å². The summed E-state index contributed by atoms with van der Waals surface area (Å²) in [5.41, 5.74) is 5.98. The number of benzene rings is 4. The summed E-state index contributed by atoms with van der Waals surface area (Å²) in [5, 5.41) is 3.08. The first-order valence-electron chi connectivity index (χ1n) is 13.8. The van der Waals surface area contributed by atoms with Crippen LogP contribution in [0, 0.1) is 19.7 Å². The van der Waals surface area contributed by atoms with Gasteiger partial charge in [0, 0.05) is 36.6 Å². The van der Waals surface area contributed by atoms with Gasteiger partial charge in [-0.15, -0.1) is 0 Å². The first kappa shape index (κ1) is 27.9. The highest BCUT2D eigenvalue weighted by Crippen LogP contribution is 2.33. The van der Waals surface area contributed by atoms with Gasteiger partial charge in [-0.3, -0.25) is 14.5 Å². The first-order valence-corrected chi connectivity index (χ1v) is 13.8. The number of nitrogens with one attached hydrogen (secondary N) is 1. The molecule has 2 amide bonds. The van der Waals surface area contributed by atoms with E-state index in [-0.39, 0.29) is 18.2 Å². The van der Waals surface area contributed by atoms with E-state index in [1.54, 1.807) is 43.5 Å². The number of hydrogen-bond acceptors (Lipinski definition) is 4. The molecule has 41 heavy (non-hydrogen) atoms. The number of halogens is 1. The number of methoxy groups -OCH3 is 1. The lowest BCUT2D eigenvalue weighted by Crippen LogP contribution is -2.43.